The van der Waals surface area contributed by atoms with E-state index >= 15 is 0 Å². The van der Waals surface area contributed by atoms with Crippen LogP contribution in [0.2, 0.25) is 0 Å². The van der Waals surface area contributed by atoms with Crippen LogP contribution in [0.25, 0.3) is 0 Å². The molecule has 1 fully saturated rings. The van der Waals surface area contributed by atoms with E-state index < -0.39 is 0 Å². The largest absolute Gasteiger partial charge is 0.317 e. The first kappa shape index (κ1) is 16.0. The molecule has 1 saturated heterocycles. The zero-order chi connectivity index (χ0) is 15.5. The minimum absolute atomic E-state index is 0.228. The molecule has 5 heteroatoms. The summed E-state index contributed by atoms with van der Waals surface area (Å²) in [6.45, 7) is 1.88. The molecule has 0 atom stereocenters. The molecule has 2 aromatic rings. The van der Waals surface area contributed by atoms with Gasteiger partial charge in [0.05, 0.1) is 0 Å². The minimum atomic E-state index is -0.264. The molecular formula is C17H16BrF2NS. The first-order valence-corrected chi connectivity index (χ1v) is 8.87. The number of benzene rings is 2. The van der Waals surface area contributed by atoms with Gasteiger partial charge in [-0.05, 0) is 73.8 Å². The lowest BCUT2D eigenvalue weighted by atomic mass is 9.90. The molecule has 1 nitrogen and oxygen atoms in total. The number of hydrogen-bond acceptors (Lipinski definition) is 2. The van der Waals surface area contributed by atoms with Crippen molar-refractivity contribution >= 4 is 27.7 Å². The summed E-state index contributed by atoms with van der Waals surface area (Å²) in [5.74, 6) is -0.160. The lowest BCUT2D eigenvalue weighted by Crippen LogP contribution is -2.26. The molecule has 0 bridgehead atoms. The Morgan fingerprint density at radius 1 is 1.00 bits per heavy atom. The predicted molar refractivity (Wildman–Crippen MR) is 89.5 cm³/mol. The summed E-state index contributed by atoms with van der Waals surface area (Å²) in [7, 11) is 0. The summed E-state index contributed by atoms with van der Waals surface area (Å²) in [5, 5.41) is 3.32. The molecule has 0 radical (unpaired) electrons. The van der Waals surface area contributed by atoms with Crippen molar-refractivity contribution in [1.82, 2.24) is 5.32 Å². The van der Waals surface area contributed by atoms with Gasteiger partial charge in [0.2, 0.25) is 0 Å². The van der Waals surface area contributed by atoms with Crippen LogP contribution in [-0.2, 0) is 0 Å². The highest BCUT2D eigenvalue weighted by Crippen LogP contribution is 2.38. The topological polar surface area (TPSA) is 12.0 Å². The summed E-state index contributed by atoms with van der Waals surface area (Å²) >= 11 is 4.63. The number of rotatable bonds is 3. The fourth-order valence-corrected chi connectivity index (χ4v) is 4.08. The van der Waals surface area contributed by atoms with Gasteiger partial charge in [-0.15, -0.1) is 0 Å². The van der Waals surface area contributed by atoms with Gasteiger partial charge in [0.1, 0.15) is 11.6 Å². The van der Waals surface area contributed by atoms with Crippen LogP contribution in [0, 0.1) is 11.6 Å². The van der Waals surface area contributed by atoms with Crippen LogP contribution in [0.1, 0.15) is 24.3 Å². The molecule has 1 N–H and O–H groups in total. The Labute approximate surface area is 141 Å². The maximum absolute atomic E-state index is 14.1. The molecule has 0 saturated carbocycles. The van der Waals surface area contributed by atoms with Gasteiger partial charge in [0.25, 0.3) is 0 Å². The third-order valence-electron chi connectivity index (χ3n) is 3.86. The van der Waals surface area contributed by atoms with Crippen molar-refractivity contribution in [3.63, 3.8) is 0 Å². The zero-order valence-corrected chi connectivity index (χ0v) is 14.3. The minimum Gasteiger partial charge on any atom is -0.317 e. The normalized spacial score (nSPS) is 16.0. The van der Waals surface area contributed by atoms with Gasteiger partial charge in [-0.1, -0.05) is 27.7 Å². The van der Waals surface area contributed by atoms with Crippen LogP contribution < -0.4 is 5.32 Å². The van der Waals surface area contributed by atoms with Crippen LogP contribution >= 0.6 is 27.7 Å². The molecule has 1 heterocycles. The molecule has 1 aliphatic heterocycles. The van der Waals surface area contributed by atoms with Crippen LogP contribution in [0.4, 0.5) is 8.78 Å². The van der Waals surface area contributed by atoms with Crippen molar-refractivity contribution in [1.29, 1.82) is 0 Å². The van der Waals surface area contributed by atoms with Crippen molar-refractivity contribution in [3.05, 3.63) is 58.1 Å². The Kier molecular flexibility index (Phi) is 5.16. The quantitative estimate of drug-likeness (QED) is 0.766. The van der Waals surface area contributed by atoms with Gasteiger partial charge >= 0.3 is 0 Å². The lowest BCUT2D eigenvalue weighted by molar-refractivity contribution is 0.454. The third-order valence-corrected chi connectivity index (χ3v) is 5.50. The lowest BCUT2D eigenvalue weighted by Gasteiger charge is -2.25. The summed E-state index contributed by atoms with van der Waals surface area (Å²) in [6.07, 6.45) is 1.97. The second-order valence-corrected chi connectivity index (χ2v) is 7.38. The van der Waals surface area contributed by atoms with E-state index in [9.17, 15) is 8.78 Å². The first-order chi connectivity index (χ1) is 10.6. The van der Waals surface area contributed by atoms with E-state index in [1.54, 1.807) is 18.2 Å². The van der Waals surface area contributed by atoms with Crippen molar-refractivity contribution < 1.29 is 8.78 Å². The highest BCUT2D eigenvalue weighted by Gasteiger charge is 2.20. The zero-order valence-electron chi connectivity index (χ0n) is 11.9. The molecule has 2 aromatic carbocycles. The maximum Gasteiger partial charge on any atom is 0.138 e. The van der Waals surface area contributed by atoms with E-state index in [0.29, 0.717) is 15.3 Å². The van der Waals surface area contributed by atoms with Gasteiger partial charge < -0.3 is 5.32 Å². The summed E-state index contributed by atoms with van der Waals surface area (Å²) in [6, 6.07) is 9.84. The fraction of sp³-hybridized carbons (Fsp3) is 0.294. The summed E-state index contributed by atoms with van der Waals surface area (Å²) in [4.78, 5) is 1.50. The smallest absolute Gasteiger partial charge is 0.138 e. The average molecular weight is 384 g/mol. The highest BCUT2D eigenvalue weighted by atomic mass is 79.9. The Morgan fingerprint density at radius 3 is 2.45 bits per heavy atom. The Balaban J connectivity index is 1.92. The SMILES string of the molecule is Fc1ccc(Sc2ccc(Br)cc2F)c(C2CCNCC2)c1. The van der Waals surface area contributed by atoms with E-state index in [2.05, 4.69) is 21.2 Å². The molecule has 0 amide bonds. The van der Waals surface area contributed by atoms with Crippen molar-refractivity contribution in [2.45, 2.75) is 28.6 Å². The van der Waals surface area contributed by atoms with Gasteiger partial charge in [-0.2, -0.15) is 0 Å². The van der Waals surface area contributed by atoms with E-state index in [0.717, 1.165) is 36.4 Å². The first-order valence-electron chi connectivity index (χ1n) is 7.26. The van der Waals surface area contributed by atoms with Crippen molar-refractivity contribution in [2.75, 3.05) is 13.1 Å². The Bertz CT molecular complexity index is 672. The molecule has 0 aliphatic carbocycles. The molecule has 0 spiro atoms. The molecular weight excluding hydrogens is 368 g/mol. The van der Waals surface area contributed by atoms with Crippen LogP contribution in [-0.4, -0.2) is 13.1 Å². The standard InChI is InChI=1S/C17H16BrF2NS/c18-12-1-3-17(15(20)9-12)22-16-4-2-13(19)10-14(16)11-5-7-21-8-6-11/h1-4,9-11,21H,5-8H2. The molecule has 3 rings (SSSR count). The third kappa shape index (κ3) is 3.70. The molecule has 0 unspecified atom stereocenters. The molecule has 0 aromatic heterocycles. The number of hydrogen-bond donors (Lipinski definition) is 1. The van der Waals surface area contributed by atoms with E-state index in [-0.39, 0.29) is 11.6 Å². The van der Waals surface area contributed by atoms with Crippen molar-refractivity contribution in [2.24, 2.45) is 0 Å². The van der Waals surface area contributed by atoms with E-state index in [4.69, 9.17) is 0 Å². The second kappa shape index (κ2) is 7.11. The van der Waals surface area contributed by atoms with Crippen LogP contribution in [0.3, 0.4) is 0 Å². The van der Waals surface area contributed by atoms with Crippen molar-refractivity contribution in [3.8, 4) is 0 Å². The predicted octanol–water partition coefficient (Wildman–Crippen LogP) is 5.35. The molecule has 116 valence electrons. The average Bonchev–Trinajstić information content (AvgIpc) is 2.52. The summed E-state index contributed by atoms with van der Waals surface area (Å²) in [5.41, 5.74) is 0.994. The second-order valence-electron chi connectivity index (χ2n) is 5.38. The monoisotopic (exact) mass is 383 g/mol. The number of piperidine rings is 1. The van der Waals surface area contributed by atoms with Crippen LogP contribution in [0.15, 0.2) is 50.7 Å². The van der Waals surface area contributed by atoms with E-state index in [1.165, 1.54) is 23.9 Å². The van der Waals surface area contributed by atoms with Gasteiger partial charge in [-0.3, -0.25) is 0 Å². The highest BCUT2D eigenvalue weighted by molar-refractivity contribution is 9.10. The van der Waals surface area contributed by atoms with E-state index in [1.807, 2.05) is 6.07 Å². The van der Waals surface area contributed by atoms with Gasteiger partial charge in [-0.25, -0.2) is 8.78 Å². The number of halogens is 3. The van der Waals surface area contributed by atoms with Gasteiger partial charge in [0.15, 0.2) is 0 Å². The van der Waals surface area contributed by atoms with Crippen LogP contribution in [0.5, 0.6) is 0 Å². The fourth-order valence-electron chi connectivity index (χ4n) is 2.74. The maximum atomic E-state index is 14.1. The Morgan fingerprint density at radius 2 is 1.73 bits per heavy atom. The number of nitrogens with one attached hydrogen (secondary N) is 1. The molecule has 22 heavy (non-hydrogen) atoms. The summed E-state index contributed by atoms with van der Waals surface area (Å²) < 4.78 is 28.4. The van der Waals surface area contributed by atoms with Gasteiger partial charge in [0, 0.05) is 14.3 Å². The Hall–Kier alpha value is -0.910. The molecule has 1 aliphatic rings.